The quantitative estimate of drug-likeness (QED) is 0.861. The number of benzene rings is 2. The summed E-state index contributed by atoms with van der Waals surface area (Å²) in [4.78, 5) is 29.0. The first-order valence-electron chi connectivity index (χ1n) is 9.34. The Hall–Kier alpha value is -2.41. The number of rotatable bonds is 3. The smallest absolute Gasteiger partial charge is 0.244 e. The van der Waals surface area contributed by atoms with Crippen LogP contribution in [0, 0.1) is 0 Å². The van der Waals surface area contributed by atoms with Crippen molar-refractivity contribution in [2.75, 3.05) is 36.5 Å². The maximum atomic E-state index is 13.2. The molecule has 2 aromatic rings. The van der Waals surface area contributed by atoms with E-state index < -0.39 is 0 Å². The highest BCUT2D eigenvalue weighted by molar-refractivity contribution is 6.30. The van der Waals surface area contributed by atoms with E-state index in [0.29, 0.717) is 30.4 Å². The van der Waals surface area contributed by atoms with Gasteiger partial charge in [-0.2, -0.15) is 0 Å². The number of carbonyl (C=O) groups excluding carboxylic acids is 2. The van der Waals surface area contributed by atoms with Crippen molar-refractivity contribution in [1.82, 2.24) is 4.90 Å². The number of anilines is 2. The van der Waals surface area contributed by atoms with Gasteiger partial charge >= 0.3 is 0 Å². The molecule has 0 aliphatic carbocycles. The molecule has 28 heavy (non-hydrogen) atoms. The molecule has 4 rings (SSSR count). The Morgan fingerprint density at radius 2 is 1.96 bits per heavy atom. The molecule has 2 aliphatic heterocycles. The monoisotopic (exact) mass is 399 g/mol. The van der Waals surface area contributed by atoms with Gasteiger partial charge in [0.25, 0.3) is 0 Å². The summed E-state index contributed by atoms with van der Waals surface area (Å²) in [7, 11) is 0. The number of fused-ring (bicyclic) bond motifs is 1. The minimum atomic E-state index is -0.363. The molecule has 0 saturated carbocycles. The summed E-state index contributed by atoms with van der Waals surface area (Å²) >= 11 is 5.98. The van der Waals surface area contributed by atoms with Gasteiger partial charge in [0.2, 0.25) is 11.8 Å². The number of hydrogen-bond donors (Lipinski definition) is 1. The number of nitrogens with one attached hydrogen (secondary N) is 1. The normalized spacial score (nSPS) is 21.0. The molecule has 0 spiro atoms. The van der Waals surface area contributed by atoms with Gasteiger partial charge in [0.05, 0.1) is 30.1 Å². The molecule has 2 atom stereocenters. The van der Waals surface area contributed by atoms with Gasteiger partial charge < -0.3 is 10.1 Å². The standard InChI is InChI=1S/C21H22ClN3O3/c1-14(21(27)25-13-20(26)23-17-4-2-3-5-18(17)25)24-10-11-28-19(12-24)15-6-8-16(22)9-7-15/h2-9,14,19H,10-13H2,1H3,(H,23,26). The SMILES string of the molecule is CC(C(=O)N1CC(=O)Nc2ccccc21)N1CCOC(c2ccc(Cl)cc2)C1. The second-order valence-corrected chi connectivity index (χ2v) is 7.51. The number of morpholine rings is 1. The molecule has 1 N–H and O–H groups in total. The number of carbonyl (C=O) groups is 2. The van der Waals surface area contributed by atoms with Crippen LogP contribution in [0.1, 0.15) is 18.6 Å². The number of ether oxygens (including phenoxy) is 1. The summed E-state index contributed by atoms with van der Waals surface area (Å²) in [6, 6.07) is 14.6. The zero-order chi connectivity index (χ0) is 19.7. The highest BCUT2D eigenvalue weighted by atomic mass is 35.5. The van der Waals surface area contributed by atoms with Gasteiger partial charge in [0.1, 0.15) is 6.54 Å². The molecule has 2 amide bonds. The van der Waals surface area contributed by atoms with E-state index in [1.807, 2.05) is 55.5 Å². The minimum Gasteiger partial charge on any atom is -0.371 e. The molecule has 1 saturated heterocycles. The van der Waals surface area contributed by atoms with Crippen LogP contribution in [0.3, 0.4) is 0 Å². The van der Waals surface area contributed by atoms with Gasteiger partial charge in [-0.25, -0.2) is 0 Å². The second-order valence-electron chi connectivity index (χ2n) is 7.07. The first-order chi connectivity index (χ1) is 13.5. The Labute approximate surface area is 169 Å². The summed E-state index contributed by atoms with van der Waals surface area (Å²) < 4.78 is 5.91. The first kappa shape index (κ1) is 18.9. The van der Waals surface area contributed by atoms with Gasteiger partial charge in [-0.15, -0.1) is 0 Å². The van der Waals surface area contributed by atoms with Crippen molar-refractivity contribution >= 4 is 34.8 Å². The maximum Gasteiger partial charge on any atom is 0.244 e. The summed E-state index contributed by atoms with van der Waals surface area (Å²) in [6.45, 7) is 3.74. The van der Waals surface area contributed by atoms with Crippen molar-refractivity contribution in [3.63, 3.8) is 0 Å². The lowest BCUT2D eigenvalue weighted by molar-refractivity contribution is -0.128. The van der Waals surface area contributed by atoms with Crippen LogP contribution in [0.4, 0.5) is 11.4 Å². The zero-order valence-corrected chi connectivity index (χ0v) is 16.4. The van der Waals surface area contributed by atoms with Crippen LogP contribution >= 0.6 is 11.6 Å². The van der Waals surface area contributed by atoms with Crippen molar-refractivity contribution in [2.45, 2.75) is 19.1 Å². The lowest BCUT2D eigenvalue weighted by Crippen LogP contribution is -2.54. The van der Waals surface area contributed by atoms with Crippen molar-refractivity contribution in [3.05, 3.63) is 59.1 Å². The summed E-state index contributed by atoms with van der Waals surface area (Å²) in [5.41, 5.74) is 2.44. The summed E-state index contributed by atoms with van der Waals surface area (Å²) in [5.74, 6) is -0.265. The highest BCUT2D eigenvalue weighted by Crippen LogP contribution is 2.31. The Kier molecular flexibility index (Phi) is 5.35. The predicted molar refractivity (Wildman–Crippen MR) is 109 cm³/mol. The molecule has 2 unspecified atom stereocenters. The third-order valence-corrected chi connectivity index (χ3v) is 5.53. The van der Waals surface area contributed by atoms with E-state index in [1.54, 1.807) is 4.90 Å². The van der Waals surface area contributed by atoms with E-state index in [4.69, 9.17) is 16.3 Å². The Balaban J connectivity index is 1.51. The topological polar surface area (TPSA) is 61.9 Å². The lowest BCUT2D eigenvalue weighted by atomic mass is 10.1. The van der Waals surface area contributed by atoms with Crippen LogP contribution in [0.5, 0.6) is 0 Å². The van der Waals surface area contributed by atoms with Crippen LogP contribution < -0.4 is 10.2 Å². The molecule has 0 aromatic heterocycles. The number of nitrogens with zero attached hydrogens (tertiary/aromatic N) is 2. The Morgan fingerprint density at radius 3 is 2.75 bits per heavy atom. The fourth-order valence-corrected chi connectivity index (χ4v) is 3.84. The molecule has 1 fully saturated rings. The van der Waals surface area contributed by atoms with E-state index in [2.05, 4.69) is 10.2 Å². The molecule has 2 heterocycles. The average Bonchev–Trinajstić information content (AvgIpc) is 2.72. The molecule has 7 heteroatoms. The average molecular weight is 400 g/mol. The third kappa shape index (κ3) is 3.76. The zero-order valence-electron chi connectivity index (χ0n) is 15.6. The Bertz CT molecular complexity index is 887. The first-order valence-corrected chi connectivity index (χ1v) is 9.72. The van der Waals surface area contributed by atoms with Gasteiger partial charge in [-0.1, -0.05) is 35.9 Å². The van der Waals surface area contributed by atoms with E-state index in [1.165, 1.54) is 0 Å². The van der Waals surface area contributed by atoms with Gasteiger partial charge in [-0.05, 0) is 36.8 Å². The molecule has 6 nitrogen and oxygen atoms in total. The second kappa shape index (κ2) is 7.91. The van der Waals surface area contributed by atoms with E-state index in [-0.39, 0.29) is 30.5 Å². The van der Waals surface area contributed by atoms with E-state index >= 15 is 0 Å². The van der Waals surface area contributed by atoms with Crippen molar-refractivity contribution < 1.29 is 14.3 Å². The fraction of sp³-hybridized carbons (Fsp3) is 0.333. The van der Waals surface area contributed by atoms with Crippen molar-refractivity contribution in [3.8, 4) is 0 Å². The number of halogens is 1. The summed E-state index contributed by atoms with van der Waals surface area (Å²) in [6.07, 6.45) is -0.113. The predicted octanol–water partition coefficient (Wildman–Crippen LogP) is 3.09. The van der Waals surface area contributed by atoms with Crippen molar-refractivity contribution in [1.29, 1.82) is 0 Å². The van der Waals surface area contributed by atoms with Crippen molar-refractivity contribution in [2.24, 2.45) is 0 Å². The van der Waals surface area contributed by atoms with Crippen LogP contribution in [0.25, 0.3) is 0 Å². The maximum absolute atomic E-state index is 13.2. The summed E-state index contributed by atoms with van der Waals surface area (Å²) in [5, 5.41) is 3.50. The largest absolute Gasteiger partial charge is 0.371 e. The number of amides is 2. The molecule has 0 radical (unpaired) electrons. The van der Waals surface area contributed by atoms with Gasteiger partial charge in [0, 0.05) is 18.1 Å². The van der Waals surface area contributed by atoms with Crippen LogP contribution in [-0.4, -0.2) is 49.0 Å². The minimum absolute atomic E-state index is 0.0329. The third-order valence-electron chi connectivity index (χ3n) is 5.28. The van der Waals surface area contributed by atoms with Gasteiger partial charge in [-0.3, -0.25) is 19.4 Å². The molecule has 2 aromatic carbocycles. The van der Waals surface area contributed by atoms with Crippen LogP contribution in [0.2, 0.25) is 5.02 Å². The molecular formula is C21H22ClN3O3. The van der Waals surface area contributed by atoms with E-state index in [0.717, 1.165) is 11.3 Å². The molecule has 146 valence electrons. The molecule has 2 aliphatic rings. The highest BCUT2D eigenvalue weighted by Gasteiger charge is 2.34. The fourth-order valence-electron chi connectivity index (χ4n) is 3.71. The number of para-hydroxylation sites is 2. The lowest BCUT2D eigenvalue weighted by Gasteiger charge is -2.39. The van der Waals surface area contributed by atoms with Crippen LogP contribution in [0.15, 0.2) is 48.5 Å². The van der Waals surface area contributed by atoms with Gasteiger partial charge in [0.15, 0.2) is 0 Å². The molecular weight excluding hydrogens is 378 g/mol. The Morgan fingerprint density at radius 1 is 1.21 bits per heavy atom. The molecule has 0 bridgehead atoms. The van der Waals surface area contributed by atoms with Crippen LogP contribution in [-0.2, 0) is 14.3 Å². The number of hydrogen-bond acceptors (Lipinski definition) is 4. The van der Waals surface area contributed by atoms with E-state index in [9.17, 15) is 9.59 Å².